The number of rotatable bonds is 4. The van der Waals surface area contributed by atoms with Crippen LogP contribution in [0.2, 0.25) is 5.02 Å². The van der Waals surface area contributed by atoms with E-state index in [0.717, 1.165) is 50.9 Å². The maximum atomic E-state index is 12.3. The summed E-state index contributed by atoms with van der Waals surface area (Å²) in [6.07, 6.45) is 3.86. The number of piperidine rings is 1. The van der Waals surface area contributed by atoms with Crippen molar-refractivity contribution in [3.8, 4) is 0 Å². The fourth-order valence-electron chi connectivity index (χ4n) is 3.53. The molecule has 2 aliphatic rings. The van der Waals surface area contributed by atoms with Gasteiger partial charge >= 0.3 is 0 Å². The molecule has 1 aromatic rings. The molecule has 0 spiro atoms. The van der Waals surface area contributed by atoms with Crippen molar-refractivity contribution in [1.82, 2.24) is 4.90 Å². The van der Waals surface area contributed by atoms with Crippen LogP contribution in [0.25, 0.3) is 0 Å². The van der Waals surface area contributed by atoms with Gasteiger partial charge in [0.2, 0.25) is 5.91 Å². The molecule has 0 saturated carbocycles. The first-order valence-electron chi connectivity index (χ1n) is 8.46. The van der Waals surface area contributed by atoms with Gasteiger partial charge in [-0.15, -0.1) is 0 Å². The zero-order chi connectivity index (χ0) is 16.2. The minimum absolute atomic E-state index is 0.111. The fraction of sp³-hybridized carbons (Fsp3) is 0.611. The van der Waals surface area contributed by atoms with Crippen LogP contribution in [0.3, 0.4) is 0 Å². The number of carbonyl (C=O) groups is 1. The summed E-state index contributed by atoms with van der Waals surface area (Å²) in [5.41, 5.74) is 0.901. The monoisotopic (exact) mass is 337 g/mol. The van der Waals surface area contributed by atoms with Gasteiger partial charge in [-0.1, -0.05) is 23.7 Å². The van der Waals surface area contributed by atoms with Gasteiger partial charge < -0.3 is 14.7 Å². The third-order valence-electron chi connectivity index (χ3n) is 4.98. The largest absolute Gasteiger partial charge is 0.388 e. The topological polar surface area (TPSA) is 49.8 Å². The zero-order valence-corrected chi connectivity index (χ0v) is 14.0. The number of amides is 1. The molecule has 2 heterocycles. The predicted octanol–water partition coefficient (Wildman–Crippen LogP) is 3.18. The first kappa shape index (κ1) is 16.7. The van der Waals surface area contributed by atoms with Gasteiger partial charge in [0.25, 0.3) is 0 Å². The van der Waals surface area contributed by atoms with E-state index in [1.165, 1.54) is 0 Å². The first-order chi connectivity index (χ1) is 11.1. The van der Waals surface area contributed by atoms with Crippen molar-refractivity contribution in [3.63, 3.8) is 0 Å². The highest BCUT2D eigenvalue weighted by atomic mass is 35.5. The molecule has 2 fully saturated rings. The molecule has 1 aromatic carbocycles. The van der Waals surface area contributed by atoms with Crippen LogP contribution in [0.4, 0.5) is 0 Å². The molecule has 0 unspecified atom stereocenters. The third-order valence-corrected chi connectivity index (χ3v) is 5.23. The van der Waals surface area contributed by atoms with Crippen LogP contribution in [0.5, 0.6) is 0 Å². The Morgan fingerprint density at radius 1 is 1.26 bits per heavy atom. The van der Waals surface area contributed by atoms with Crippen LogP contribution in [0, 0.1) is 5.92 Å². The lowest BCUT2D eigenvalue weighted by Crippen LogP contribution is -2.40. The molecule has 0 aliphatic carbocycles. The number of likely N-dealkylation sites (tertiary alicyclic amines) is 1. The van der Waals surface area contributed by atoms with Gasteiger partial charge in [0, 0.05) is 24.7 Å². The standard InChI is InChI=1S/C18H24ClNO3/c19-15-5-3-13(4-6-15)18(22)14-7-9-20(10-8-14)17(21)12-16-2-1-11-23-16/h3-6,14,16,18,22H,1-2,7-12H2/t16-,18+/m1/s1. The molecule has 3 rings (SSSR count). The van der Waals surface area contributed by atoms with E-state index in [2.05, 4.69) is 0 Å². The number of hydrogen-bond donors (Lipinski definition) is 1. The Kier molecular flexibility index (Phi) is 5.57. The molecule has 1 N–H and O–H groups in total. The minimum atomic E-state index is -0.484. The number of ether oxygens (including phenoxy) is 1. The number of halogens is 1. The minimum Gasteiger partial charge on any atom is -0.388 e. The lowest BCUT2D eigenvalue weighted by molar-refractivity contribution is -0.135. The number of nitrogens with zero attached hydrogens (tertiary/aromatic N) is 1. The SMILES string of the molecule is O=C(C[C@H]1CCCO1)N1CCC([C@@H](O)c2ccc(Cl)cc2)CC1. The summed E-state index contributed by atoms with van der Waals surface area (Å²) in [7, 11) is 0. The maximum Gasteiger partial charge on any atom is 0.225 e. The van der Waals surface area contributed by atoms with E-state index in [4.69, 9.17) is 16.3 Å². The van der Waals surface area contributed by atoms with Crippen molar-refractivity contribution in [2.75, 3.05) is 19.7 Å². The number of hydrogen-bond acceptors (Lipinski definition) is 3. The van der Waals surface area contributed by atoms with Gasteiger partial charge in [-0.3, -0.25) is 4.79 Å². The smallest absolute Gasteiger partial charge is 0.225 e. The highest BCUT2D eigenvalue weighted by Gasteiger charge is 2.29. The zero-order valence-electron chi connectivity index (χ0n) is 13.3. The second-order valence-corrected chi connectivity index (χ2v) is 6.99. The number of aliphatic hydroxyl groups excluding tert-OH is 1. The number of benzene rings is 1. The Labute approximate surface area is 142 Å². The Bertz CT molecular complexity index is 520. The highest BCUT2D eigenvalue weighted by molar-refractivity contribution is 6.30. The van der Waals surface area contributed by atoms with Crippen molar-refractivity contribution in [1.29, 1.82) is 0 Å². The Morgan fingerprint density at radius 2 is 1.96 bits per heavy atom. The average molecular weight is 338 g/mol. The van der Waals surface area contributed by atoms with Crippen LogP contribution < -0.4 is 0 Å². The molecule has 126 valence electrons. The van der Waals surface area contributed by atoms with Crippen molar-refractivity contribution in [3.05, 3.63) is 34.9 Å². The summed E-state index contributed by atoms with van der Waals surface area (Å²) in [6, 6.07) is 7.37. The van der Waals surface area contributed by atoms with E-state index < -0.39 is 6.10 Å². The Balaban J connectivity index is 1.49. The quantitative estimate of drug-likeness (QED) is 0.918. The molecule has 2 aliphatic heterocycles. The second kappa shape index (κ2) is 7.65. The van der Waals surface area contributed by atoms with Gasteiger partial charge in [-0.25, -0.2) is 0 Å². The lowest BCUT2D eigenvalue weighted by Gasteiger charge is -2.34. The maximum absolute atomic E-state index is 12.3. The van der Waals surface area contributed by atoms with Gasteiger partial charge in [-0.2, -0.15) is 0 Å². The van der Waals surface area contributed by atoms with Crippen LogP contribution in [0.1, 0.15) is 43.8 Å². The normalized spacial score (nSPS) is 23.9. The molecule has 0 aromatic heterocycles. The molecule has 23 heavy (non-hydrogen) atoms. The number of aliphatic hydroxyl groups is 1. The number of carbonyl (C=O) groups excluding carboxylic acids is 1. The van der Waals surface area contributed by atoms with Crippen LogP contribution in [-0.2, 0) is 9.53 Å². The second-order valence-electron chi connectivity index (χ2n) is 6.55. The Hall–Kier alpha value is -1.10. The van der Waals surface area contributed by atoms with E-state index in [1.807, 2.05) is 17.0 Å². The lowest BCUT2D eigenvalue weighted by atomic mass is 9.87. The average Bonchev–Trinajstić information content (AvgIpc) is 3.08. The molecule has 5 heteroatoms. The summed E-state index contributed by atoms with van der Waals surface area (Å²) < 4.78 is 5.54. The summed E-state index contributed by atoms with van der Waals surface area (Å²) in [5.74, 6) is 0.388. The van der Waals surface area contributed by atoms with Gasteiger partial charge in [0.15, 0.2) is 0 Å². The van der Waals surface area contributed by atoms with Crippen molar-refractivity contribution < 1.29 is 14.6 Å². The molecule has 1 amide bonds. The van der Waals surface area contributed by atoms with Gasteiger partial charge in [-0.05, 0) is 49.3 Å². The fourth-order valence-corrected chi connectivity index (χ4v) is 3.65. The van der Waals surface area contributed by atoms with Gasteiger partial charge in [0.05, 0.1) is 18.6 Å². The van der Waals surface area contributed by atoms with Crippen LogP contribution in [0.15, 0.2) is 24.3 Å². The van der Waals surface area contributed by atoms with E-state index in [9.17, 15) is 9.90 Å². The first-order valence-corrected chi connectivity index (χ1v) is 8.84. The van der Waals surface area contributed by atoms with Crippen molar-refractivity contribution in [2.45, 2.75) is 44.3 Å². The summed E-state index contributed by atoms with van der Waals surface area (Å²) in [6.45, 7) is 2.23. The summed E-state index contributed by atoms with van der Waals surface area (Å²) in [4.78, 5) is 14.2. The van der Waals surface area contributed by atoms with E-state index in [1.54, 1.807) is 12.1 Å². The molecule has 0 radical (unpaired) electrons. The van der Waals surface area contributed by atoms with E-state index in [-0.39, 0.29) is 17.9 Å². The molecule has 2 saturated heterocycles. The van der Waals surface area contributed by atoms with E-state index in [0.29, 0.717) is 11.4 Å². The van der Waals surface area contributed by atoms with Crippen LogP contribution in [-0.4, -0.2) is 41.7 Å². The predicted molar refractivity (Wildman–Crippen MR) is 89.3 cm³/mol. The molecular formula is C18H24ClNO3. The van der Waals surface area contributed by atoms with Crippen molar-refractivity contribution in [2.24, 2.45) is 5.92 Å². The highest BCUT2D eigenvalue weighted by Crippen LogP contribution is 2.31. The summed E-state index contributed by atoms with van der Waals surface area (Å²) >= 11 is 5.89. The van der Waals surface area contributed by atoms with Gasteiger partial charge in [0.1, 0.15) is 0 Å². The molecule has 0 bridgehead atoms. The molecular weight excluding hydrogens is 314 g/mol. The molecule has 2 atom stereocenters. The van der Waals surface area contributed by atoms with E-state index >= 15 is 0 Å². The molecule has 4 nitrogen and oxygen atoms in total. The Morgan fingerprint density at radius 3 is 2.57 bits per heavy atom. The van der Waals surface area contributed by atoms with Crippen LogP contribution >= 0.6 is 11.6 Å². The summed E-state index contributed by atoms with van der Waals surface area (Å²) in [5, 5.41) is 11.2. The van der Waals surface area contributed by atoms with Crippen molar-refractivity contribution >= 4 is 17.5 Å². The third kappa shape index (κ3) is 4.25.